The van der Waals surface area contributed by atoms with E-state index in [1.165, 1.54) is 34.9 Å². The van der Waals surface area contributed by atoms with Crippen LogP contribution in [0.5, 0.6) is 11.5 Å². The first-order chi connectivity index (χ1) is 27.2. The highest BCUT2D eigenvalue weighted by Gasteiger charge is 2.31. The van der Waals surface area contributed by atoms with Gasteiger partial charge < -0.3 is 20.3 Å². The van der Waals surface area contributed by atoms with Crippen molar-refractivity contribution in [2.24, 2.45) is 5.41 Å². The molecule has 0 spiro atoms. The maximum absolute atomic E-state index is 13.8. The average molecular weight is 834 g/mol. The van der Waals surface area contributed by atoms with Gasteiger partial charge in [0.25, 0.3) is 21.6 Å². The average Bonchev–Trinajstić information content (AvgIpc) is 3.69. The molecule has 57 heavy (non-hydrogen) atoms. The Labute approximate surface area is 343 Å². The first-order valence-corrected chi connectivity index (χ1v) is 21.3. The Hall–Kier alpha value is -4.66. The summed E-state index contributed by atoms with van der Waals surface area (Å²) in [6.45, 7) is 10.1. The number of hydrogen-bond acceptors (Lipinski definition) is 10. The molecular formula is C42H46Cl2N6O6S. The van der Waals surface area contributed by atoms with Crippen molar-refractivity contribution in [1.82, 2.24) is 14.9 Å². The monoisotopic (exact) mass is 832 g/mol. The Kier molecular flexibility index (Phi) is 12.1. The Morgan fingerprint density at radius 3 is 2.46 bits per heavy atom. The van der Waals surface area contributed by atoms with Crippen LogP contribution in [0.1, 0.15) is 55.5 Å². The van der Waals surface area contributed by atoms with Crippen molar-refractivity contribution in [1.29, 1.82) is 0 Å². The number of hydrogen-bond donors (Lipinski definition) is 3. The zero-order valence-electron chi connectivity index (χ0n) is 31.9. The molecule has 15 heteroatoms. The molecule has 4 aromatic carbocycles. The normalized spacial score (nSPS) is 18.7. The highest BCUT2D eigenvalue weighted by Crippen LogP contribution is 2.43. The van der Waals surface area contributed by atoms with E-state index in [-0.39, 0.29) is 28.5 Å². The van der Waals surface area contributed by atoms with E-state index in [9.17, 15) is 23.3 Å². The molecule has 2 aliphatic heterocycles. The van der Waals surface area contributed by atoms with Gasteiger partial charge >= 0.3 is 0 Å². The first kappa shape index (κ1) is 40.5. The zero-order chi connectivity index (χ0) is 40.3. The molecule has 0 radical (unpaired) electrons. The van der Waals surface area contributed by atoms with Gasteiger partial charge in [-0.2, -0.15) is 0 Å². The molecule has 2 heterocycles. The number of sulfonamides is 1. The molecule has 4 aromatic rings. The first-order valence-electron chi connectivity index (χ1n) is 19.1. The summed E-state index contributed by atoms with van der Waals surface area (Å²) in [6.07, 6.45) is 3.97. The predicted molar refractivity (Wildman–Crippen MR) is 225 cm³/mol. The largest absolute Gasteiger partial charge is 0.456 e. The number of nitrogens with one attached hydrogen (secondary N) is 3. The summed E-state index contributed by atoms with van der Waals surface area (Å²) in [5, 5.41) is 19.4. The van der Waals surface area contributed by atoms with Crippen molar-refractivity contribution in [2.75, 3.05) is 56.0 Å². The van der Waals surface area contributed by atoms with Gasteiger partial charge in [0.1, 0.15) is 17.2 Å². The minimum absolute atomic E-state index is 0.0309. The van der Waals surface area contributed by atoms with Crippen LogP contribution in [0.3, 0.4) is 0 Å². The summed E-state index contributed by atoms with van der Waals surface area (Å²) < 4.78 is 35.4. The number of rotatable bonds is 12. The minimum atomic E-state index is -4.53. The van der Waals surface area contributed by atoms with Crippen molar-refractivity contribution >= 4 is 61.8 Å². The van der Waals surface area contributed by atoms with Crippen molar-refractivity contribution < 1.29 is 22.9 Å². The van der Waals surface area contributed by atoms with Crippen molar-refractivity contribution in [3.8, 4) is 11.5 Å². The number of piperazine rings is 1. The number of nitrogens with zero attached hydrogens (tertiary/aromatic N) is 3. The van der Waals surface area contributed by atoms with Gasteiger partial charge in [0.2, 0.25) is 0 Å². The van der Waals surface area contributed by atoms with E-state index in [1.807, 2.05) is 12.1 Å². The number of benzene rings is 4. The van der Waals surface area contributed by atoms with Crippen LogP contribution in [-0.4, -0.2) is 76.0 Å². The molecule has 2 saturated heterocycles. The van der Waals surface area contributed by atoms with E-state index in [1.54, 1.807) is 36.4 Å². The molecule has 3 N–H and O–H groups in total. The fourth-order valence-electron chi connectivity index (χ4n) is 7.72. The summed E-state index contributed by atoms with van der Waals surface area (Å²) in [4.78, 5) is 29.3. The van der Waals surface area contributed by atoms with Gasteiger partial charge in [-0.3, -0.25) is 19.8 Å². The van der Waals surface area contributed by atoms with Crippen LogP contribution in [0.25, 0.3) is 5.57 Å². The lowest BCUT2D eigenvalue weighted by Crippen LogP contribution is -2.47. The Morgan fingerprint density at radius 2 is 1.75 bits per heavy atom. The Balaban J connectivity index is 1.09. The number of carbonyl (C=O) groups excluding carboxylic acids is 1. The van der Waals surface area contributed by atoms with Crippen LogP contribution in [0.2, 0.25) is 10.0 Å². The summed E-state index contributed by atoms with van der Waals surface area (Å²) in [6, 6.07) is 23.4. The Morgan fingerprint density at radius 1 is 0.982 bits per heavy atom. The number of nitro groups is 1. The SMILES string of the molecule is CC1(C)CCC(CN2CCN(c3ccc(C(=O)NS(=O)(=O)c4ccc(NC5CCNC5)c([N+](=O)[O-])c4)c(Oc4cccc(Cl)c4)c3)CC2)=C(c2ccc(Cl)cc2)C1. The van der Waals surface area contributed by atoms with E-state index in [0.29, 0.717) is 17.3 Å². The number of ether oxygens (including phenoxy) is 1. The van der Waals surface area contributed by atoms with Gasteiger partial charge in [-0.25, -0.2) is 13.1 Å². The lowest BCUT2D eigenvalue weighted by Gasteiger charge is -2.39. The van der Waals surface area contributed by atoms with Crippen molar-refractivity contribution in [2.45, 2.75) is 50.5 Å². The van der Waals surface area contributed by atoms with Crippen LogP contribution in [0.15, 0.2) is 95.4 Å². The lowest BCUT2D eigenvalue weighted by molar-refractivity contribution is -0.384. The fourth-order valence-corrected chi connectivity index (χ4v) is 9.01. The number of halogens is 2. The van der Waals surface area contributed by atoms with Gasteiger partial charge in [0.05, 0.1) is 15.4 Å². The molecule has 0 saturated carbocycles. The van der Waals surface area contributed by atoms with E-state index >= 15 is 0 Å². The third-order valence-electron chi connectivity index (χ3n) is 10.9. The molecule has 1 atom stereocenters. The maximum atomic E-state index is 13.8. The second-order valence-electron chi connectivity index (χ2n) is 15.6. The lowest BCUT2D eigenvalue weighted by atomic mass is 9.72. The third-order valence-corrected chi connectivity index (χ3v) is 12.7. The molecule has 1 aliphatic carbocycles. The topological polar surface area (TPSA) is 146 Å². The highest BCUT2D eigenvalue weighted by atomic mass is 35.5. The standard InChI is InChI=1S/C42H46Cl2N6O6S/c1-42(2)16-14-29(37(25-42)28-6-8-30(43)9-7-28)27-48-18-20-49(21-19-48)33-10-12-36(40(23-33)56-34-5-3-4-31(44)22-34)41(51)47-57(54,55)35-11-13-38(39(24-35)50(52)53)46-32-15-17-45-26-32/h3-13,22-24,32,45-46H,14-21,25-27H2,1-2H3,(H,47,51). The van der Waals surface area contributed by atoms with E-state index < -0.39 is 31.4 Å². The molecule has 1 amide bonds. The van der Waals surface area contributed by atoms with Crippen LogP contribution in [0.4, 0.5) is 17.1 Å². The quantitative estimate of drug-likeness (QED) is 0.0940. The summed E-state index contributed by atoms with van der Waals surface area (Å²) in [5.74, 6) is -0.466. The van der Waals surface area contributed by atoms with Crippen LogP contribution in [0, 0.1) is 15.5 Å². The van der Waals surface area contributed by atoms with Gasteiger partial charge in [0.15, 0.2) is 0 Å². The van der Waals surface area contributed by atoms with Gasteiger partial charge in [-0.15, -0.1) is 0 Å². The smallest absolute Gasteiger partial charge is 0.293 e. The van der Waals surface area contributed by atoms with Crippen LogP contribution < -0.4 is 25.0 Å². The Bertz CT molecular complexity index is 2290. The summed E-state index contributed by atoms with van der Waals surface area (Å²) >= 11 is 12.5. The van der Waals surface area contributed by atoms with E-state index in [0.717, 1.165) is 81.7 Å². The van der Waals surface area contributed by atoms with Crippen molar-refractivity contribution in [3.05, 3.63) is 122 Å². The van der Waals surface area contributed by atoms with Gasteiger partial charge in [0, 0.05) is 73.2 Å². The number of anilines is 2. The van der Waals surface area contributed by atoms with E-state index in [4.69, 9.17) is 27.9 Å². The second kappa shape index (κ2) is 17.1. The molecule has 300 valence electrons. The fraction of sp³-hybridized carbons (Fsp3) is 0.357. The number of allylic oxidation sites excluding steroid dienone is 1. The third kappa shape index (κ3) is 9.90. The maximum Gasteiger partial charge on any atom is 0.293 e. The highest BCUT2D eigenvalue weighted by molar-refractivity contribution is 7.90. The minimum Gasteiger partial charge on any atom is -0.456 e. The number of amides is 1. The summed E-state index contributed by atoms with van der Waals surface area (Å²) in [7, 11) is -4.53. The van der Waals surface area contributed by atoms with Crippen molar-refractivity contribution in [3.63, 3.8) is 0 Å². The molecule has 0 bridgehead atoms. The molecule has 1 unspecified atom stereocenters. The van der Waals surface area contributed by atoms with E-state index in [2.05, 4.69) is 51.1 Å². The van der Waals surface area contributed by atoms with Crippen LogP contribution >= 0.6 is 23.2 Å². The molecule has 7 rings (SSSR count). The molecule has 3 aliphatic rings. The molecule has 2 fully saturated rings. The molecular weight excluding hydrogens is 787 g/mol. The van der Waals surface area contributed by atoms with Gasteiger partial charge in [-0.05, 0) is 103 Å². The number of nitro benzene ring substituents is 1. The molecule has 0 aromatic heterocycles. The van der Waals surface area contributed by atoms with Crippen LogP contribution in [-0.2, 0) is 10.0 Å². The predicted octanol–water partition coefficient (Wildman–Crippen LogP) is 8.37. The summed E-state index contributed by atoms with van der Waals surface area (Å²) in [5.41, 5.74) is 4.90. The second-order valence-corrected chi connectivity index (χ2v) is 18.2. The van der Waals surface area contributed by atoms with Gasteiger partial charge in [-0.1, -0.05) is 60.8 Å². The zero-order valence-corrected chi connectivity index (χ0v) is 34.2. The number of carbonyl (C=O) groups is 1. The molecule has 12 nitrogen and oxygen atoms in total.